The van der Waals surface area contributed by atoms with Crippen molar-refractivity contribution in [1.82, 2.24) is 15.3 Å². The van der Waals surface area contributed by atoms with Crippen LogP contribution in [0.2, 0.25) is 0 Å². The van der Waals surface area contributed by atoms with Crippen molar-refractivity contribution in [3.63, 3.8) is 0 Å². The summed E-state index contributed by atoms with van der Waals surface area (Å²) in [4.78, 5) is 35.0. The zero-order chi connectivity index (χ0) is 30.6. The highest BCUT2D eigenvalue weighted by molar-refractivity contribution is 8.09. The minimum atomic E-state index is -3.61. The van der Waals surface area contributed by atoms with Gasteiger partial charge >= 0.3 is 12.6 Å². The molecule has 9 atom stereocenters. The van der Waals surface area contributed by atoms with Crippen LogP contribution in [0.25, 0.3) is 0 Å². The van der Waals surface area contributed by atoms with E-state index in [9.17, 15) is 19.8 Å². The topological polar surface area (TPSA) is 190 Å². The lowest BCUT2D eigenvalue weighted by atomic mass is 9.93. The maximum Gasteiger partial charge on any atom is 0.323 e. The third-order valence-corrected chi connectivity index (χ3v) is 10.7. The van der Waals surface area contributed by atoms with Crippen molar-refractivity contribution < 1.29 is 38.3 Å². The molecule has 14 nitrogen and oxygen atoms in total. The number of nitrogens with zero attached hydrogens (tertiary/aromatic N) is 3. The van der Waals surface area contributed by atoms with Gasteiger partial charge in [-0.05, 0) is 56.5 Å². The third-order valence-electron chi connectivity index (χ3n) is 8.27. The Kier molecular flexibility index (Phi) is 7.75. The molecule has 230 valence electrons. The van der Waals surface area contributed by atoms with Crippen LogP contribution >= 0.6 is 6.64 Å². The number of aliphatic imine (C=N–C) groups is 2. The van der Waals surface area contributed by atoms with Gasteiger partial charge in [0.1, 0.15) is 30.1 Å². The standard InChI is InChI=1S/C27H33N6O8PS/c1-3-26(36)24(33-14-29-18-21(33)30-25(28)31-22(18)34)39-19-20(27(19,26)37)41-42(43,40-17-12-8-5-9-13-17)32-15(2)23(35)38-16-10-6-4-7-11-16/h1,5,8-9,12-16,18-21,24,36-37H,4,6-7,10-11H2,2H3,(H,32,43)(H3,28,30,31,34)/t15?,18?,19-,20?,21?,24-,26+,27+,42?/m1/s1. The van der Waals surface area contributed by atoms with Crippen LogP contribution in [0, 0.1) is 12.3 Å². The quantitative estimate of drug-likeness (QED) is 0.138. The number of para-hydroxylation sites is 1. The van der Waals surface area contributed by atoms with Gasteiger partial charge in [0.25, 0.3) is 5.91 Å². The van der Waals surface area contributed by atoms with E-state index in [2.05, 4.69) is 26.3 Å². The highest BCUT2D eigenvalue weighted by Gasteiger charge is 2.86. The molecule has 0 aromatic heterocycles. The average Bonchev–Trinajstić information content (AvgIpc) is 3.23. The highest BCUT2D eigenvalue weighted by Crippen LogP contribution is 2.63. The molecule has 43 heavy (non-hydrogen) atoms. The Morgan fingerprint density at radius 2 is 2.05 bits per heavy atom. The molecule has 1 saturated heterocycles. The molecule has 1 aromatic rings. The van der Waals surface area contributed by atoms with Gasteiger partial charge in [0.05, 0.1) is 6.34 Å². The van der Waals surface area contributed by atoms with Crippen molar-refractivity contribution in [3.8, 4) is 18.1 Å². The number of guanidine groups is 1. The molecule has 3 heterocycles. The van der Waals surface area contributed by atoms with Gasteiger partial charge in [0.2, 0.25) is 5.60 Å². The van der Waals surface area contributed by atoms with Gasteiger partial charge < -0.3 is 34.8 Å². The Bertz CT molecular complexity index is 1440. The lowest BCUT2D eigenvalue weighted by Crippen LogP contribution is -2.62. The number of amides is 1. The van der Waals surface area contributed by atoms with Gasteiger partial charge in [-0.15, -0.1) is 6.42 Å². The summed E-state index contributed by atoms with van der Waals surface area (Å²) in [6.07, 6.45) is 6.94. The SMILES string of the molecule is C#C[C@]1(O)[C@H](N2C=NC3C(=O)NC(N)=NC32)O[C@@H]2C(OP(=S)(NC(C)C(=O)OC3CCCCC3)Oc3ccccc3)[C@@]21O. The molecule has 0 bridgehead atoms. The van der Waals surface area contributed by atoms with E-state index in [4.69, 9.17) is 42.5 Å². The van der Waals surface area contributed by atoms with Crippen LogP contribution in [0.15, 0.2) is 40.3 Å². The Balaban J connectivity index is 1.20. The summed E-state index contributed by atoms with van der Waals surface area (Å²) < 4.78 is 24.0. The van der Waals surface area contributed by atoms with E-state index in [0.717, 1.165) is 32.1 Å². The molecule has 5 unspecified atom stereocenters. The summed E-state index contributed by atoms with van der Waals surface area (Å²) in [6.45, 7) is -2.03. The van der Waals surface area contributed by atoms with Crippen LogP contribution in [0.3, 0.4) is 0 Å². The number of aliphatic hydroxyl groups is 2. The number of ether oxygens (including phenoxy) is 2. The summed E-state index contributed by atoms with van der Waals surface area (Å²) >= 11 is 5.82. The molecule has 1 aromatic carbocycles. The van der Waals surface area contributed by atoms with Crippen LogP contribution < -0.4 is 20.7 Å². The number of benzene rings is 1. The van der Waals surface area contributed by atoms with Gasteiger partial charge in [-0.3, -0.25) is 24.4 Å². The Morgan fingerprint density at radius 3 is 2.74 bits per heavy atom. The van der Waals surface area contributed by atoms with Crippen molar-refractivity contribution >= 4 is 42.6 Å². The summed E-state index contributed by atoms with van der Waals surface area (Å²) in [5, 5.41) is 28.8. The number of terminal acetylenes is 1. The minimum Gasteiger partial charge on any atom is -0.461 e. The van der Waals surface area contributed by atoms with E-state index in [1.165, 1.54) is 11.2 Å². The first-order chi connectivity index (χ1) is 20.5. The van der Waals surface area contributed by atoms with E-state index in [-0.39, 0.29) is 12.1 Å². The summed E-state index contributed by atoms with van der Waals surface area (Å²) in [5.41, 5.74) is 1.26. The first kappa shape index (κ1) is 30.0. The van der Waals surface area contributed by atoms with Crippen molar-refractivity contribution in [3.05, 3.63) is 30.3 Å². The molecule has 5 aliphatic rings. The molecule has 3 aliphatic heterocycles. The molecule has 0 radical (unpaired) electrons. The molecule has 2 aliphatic carbocycles. The summed E-state index contributed by atoms with van der Waals surface area (Å²) in [7, 11) is 0. The molecular formula is C27H33N6O8PS. The summed E-state index contributed by atoms with van der Waals surface area (Å²) in [5.74, 6) is 1.49. The number of nitrogens with two attached hydrogens (primary N) is 1. The molecule has 6 N–H and O–H groups in total. The monoisotopic (exact) mass is 632 g/mol. The van der Waals surface area contributed by atoms with Gasteiger partial charge in [0, 0.05) is 0 Å². The molecule has 0 spiro atoms. The number of fused-ring (bicyclic) bond motifs is 2. The molecule has 6 rings (SSSR count). The zero-order valence-corrected chi connectivity index (χ0v) is 24.9. The van der Waals surface area contributed by atoms with Crippen molar-refractivity contribution in [2.24, 2.45) is 15.7 Å². The van der Waals surface area contributed by atoms with E-state index < -0.39 is 66.4 Å². The number of hydrogen-bond acceptors (Lipinski definition) is 13. The lowest BCUT2D eigenvalue weighted by Gasteiger charge is -2.39. The highest BCUT2D eigenvalue weighted by atomic mass is 32.5. The fraction of sp³-hybridized carbons (Fsp3) is 0.556. The van der Waals surface area contributed by atoms with E-state index >= 15 is 0 Å². The first-order valence-corrected chi connectivity index (χ1v) is 16.7. The second-order valence-electron chi connectivity index (χ2n) is 11.2. The van der Waals surface area contributed by atoms with Gasteiger partial charge in [0.15, 0.2) is 30.0 Å². The van der Waals surface area contributed by atoms with Crippen LogP contribution in [0.5, 0.6) is 5.75 Å². The van der Waals surface area contributed by atoms with Crippen LogP contribution in [-0.4, -0.2) is 93.3 Å². The predicted molar refractivity (Wildman–Crippen MR) is 157 cm³/mol. The molecule has 3 fully saturated rings. The molecule has 2 saturated carbocycles. The van der Waals surface area contributed by atoms with Crippen LogP contribution in [0.1, 0.15) is 39.0 Å². The zero-order valence-electron chi connectivity index (χ0n) is 23.2. The largest absolute Gasteiger partial charge is 0.461 e. The number of nitrogens with one attached hydrogen (secondary N) is 2. The van der Waals surface area contributed by atoms with E-state index in [0.29, 0.717) is 5.75 Å². The lowest BCUT2D eigenvalue weighted by molar-refractivity contribution is -0.152. The second kappa shape index (κ2) is 11.1. The first-order valence-electron chi connectivity index (χ1n) is 14.0. The molecule has 16 heteroatoms. The van der Waals surface area contributed by atoms with Crippen molar-refractivity contribution in [1.29, 1.82) is 0 Å². The van der Waals surface area contributed by atoms with Gasteiger partial charge in [-0.25, -0.2) is 10.1 Å². The van der Waals surface area contributed by atoms with E-state index in [1.807, 2.05) is 0 Å². The Hall–Kier alpha value is -3.09. The number of carbonyl (C=O) groups excluding carboxylic acids is 2. The average molecular weight is 633 g/mol. The predicted octanol–water partition coefficient (Wildman–Crippen LogP) is -0.154. The maximum atomic E-state index is 13.0. The number of esters is 1. The number of hydrogen-bond donors (Lipinski definition) is 5. The maximum absolute atomic E-state index is 13.0. The number of rotatable bonds is 9. The van der Waals surface area contributed by atoms with E-state index in [1.54, 1.807) is 37.3 Å². The Labute approximate surface area is 253 Å². The second-order valence-corrected chi connectivity index (χ2v) is 14.3. The van der Waals surface area contributed by atoms with Gasteiger partial charge in [-0.2, -0.15) is 0 Å². The minimum absolute atomic E-state index is 0.130. The summed E-state index contributed by atoms with van der Waals surface area (Å²) in [6, 6.07) is 6.75. The third kappa shape index (κ3) is 5.21. The number of carbonyl (C=O) groups is 2. The van der Waals surface area contributed by atoms with Crippen molar-refractivity contribution in [2.75, 3.05) is 0 Å². The smallest absolute Gasteiger partial charge is 0.323 e. The molecule has 1 amide bonds. The van der Waals surface area contributed by atoms with Gasteiger partial charge in [-0.1, -0.05) is 30.5 Å². The van der Waals surface area contributed by atoms with Crippen LogP contribution in [0.4, 0.5) is 0 Å². The normalized spacial score (nSPS) is 36.8. The fourth-order valence-corrected chi connectivity index (χ4v) is 8.64. The fourth-order valence-electron chi connectivity index (χ4n) is 5.93. The Morgan fingerprint density at radius 1 is 1.33 bits per heavy atom. The molecular weight excluding hydrogens is 599 g/mol. The van der Waals surface area contributed by atoms with Crippen molar-refractivity contribution in [2.45, 2.75) is 93.0 Å². The van der Waals surface area contributed by atoms with Crippen LogP contribution in [-0.2, 0) is 35.4 Å².